The summed E-state index contributed by atoms with van der Waals surface area (Å²) in [6, 6.07) is 5.68. The van der Waals surface area contributed by atoms with Crippen molar-refractivity contribution in [3.8, 4) is 0 Å². The number of halogens is 1. The van der Waals surface area contributed by atoms with Crippen LogP contribution in [0, 0.1) is 17.7 Å². The highest BCUT2D eigenvalue weighted by atomic mass is 19.1. The zero-order valence-corrected chi connectivity index (χ0v) is 17.6. The van der Waals surface area contributed by atoms with E-state index in [4.69, 9.17) is 14.2 Å². The first-order chi connectivity index (χ1) is 13.7. The van der Waals surface area contributed by atoms with Crippen molar-refractivity contribution >= 4 is 0 Å². The van der Waals surface area contributed by atoms with E-state index in [1.165, 1.54) is 25.7 Å². The van der Waals surface area contributed by atoms with Crippen molar-refractivity contribution in [2.45, 2.75) is 84.0 Å². The third-order valence-corrected chi connectivity index (χ3v) is 6.38. The molecule has 2 aliphatic rings. The van der Waals surface area contributed by atoms with Gasteiger partial charge >= 0.3 is 0 Å². The molecule has 1 saturated heterocycles. The zero-order chi connectivity index (χ0) is 19.8. The summed E-state index contributed by atoms with van der Waals surface area (Å²) in [4.78, 5) is 0. The molecule has 0 spiro atoms. The Morgan fingerprint density at radius 3 is 2.43 bits per heavy atom. The summed E-state index contributed by atoms with van der Waals surface area (Å²) in [5.74, 6) is 1.35. The monoisotopic (exact) mass is 392 g/mol. The van der Waals surface area contributed by atoms with Crippen LogP contribution < -0.4 is 0 Å². The summed E-state index contributed by atoms with van der Waals surface area (Å²) < 4.78 is 31.8. The summed E-state index contributed by atoms with van der Waals surface area (Å²) >= 11 is 0. The first kappa shape index (κ1) is 21.7. The van der Waals surface area contributed by atoms with Gasteiger partial charge in [-0.15, -0.1) is 0 Å². The van der Waals surface area contributed by atoms with Gasteiger partial charge in [-0.25, -0.2) is 4.39 Å². The lowest BCUT2D eigenvalue weighted by Crippen LogP contribution is -2.38. The molecule has 3 rings (SSSR count). The van der Waals surface area contributed by atoms with Gasteiger partial charge in [0, 0.05) is 24.0 Å². The summed E-state index contributed by atoms with van der Waals surface area (Å²) in [7, 11) is 0. The molecule has 0 aromatic heterocycles. The molecule has 0 atom stereocenters. The maximum Gasteiger partial charge on any atom is 0.160 e. The number of ether oxygens (including phenoxy) is 3. The molecule has 0 N–H and O–H groups in total. The Bertz CT molecular complexity index is 575. The smallest absolute Gasteiger partial charge is 0.160 e. The number of hydrogen-bond donors (Lipinski definition) is 0. The minimum absolute atomic E-state index is 0.0336. The molecule has 2 fully saturated rings. The molecular formula is C24H37FO3. The fourth-order valence-corrected chi connectivity index (χ4v) is 4.55. The van der Waals surface area contributed by atoms with Gasteiger partial charge < -0.3 is 14.2 Å². The van der Waals surface area contributed by atoms with Gasteiger partial charge in [0.15, 0.2) is 6.29 Å². The molecule has 1 aromatic carbocycles. The second-order valence-electron chi connectivity index (χ2n) is 8.50. The van der Waals surface area contributed by atoms with Crippen LogP contribution >= 0.6 is 0 Å². The molecule has 4 heteroatoms. The molecular weight excluding hydrogens is 355 g/mol. The van der Waals surface area contributed by atoms with E-state index in [1.54, 1.807) is 6.07 Å². The van der Waals surface area contributed by atoms with E-state index in [-0.39, 0.29) is 12.1 Å². The van der Waals surface area contributed by atoms with Gasteiger partial charge in [-0.3, -0.25) is 0 Å². The summed E-state index contributed by atoms with van der Waals surface area (Å²) in [6.07, 6.45) is 9.39. The topological polar surface area (TPSA) is 27.7 Å². The number of hydrogen-bond acceptors (Lipinski definition) is 3. The first-order valence-corrected chi connectivity index (χ1v) is 11.3. The van der Waals surface area contributed by atoms with Crippen molar-refractivity contribution in [3.63, 3.8) is 0 Å². The van der Waals surface area contributed by atoms with E-state index in [0.717, 1.165) is 44.5 Å². The second-order valence-corrected chi connectivity index (χ2v) is 8.50. The van der Waals surface area contributed by atoms with Gasteiger partial charge in [-0.1, -0.05) is 38.3 Å². The Morgan fingerprint density at radius 1 is 1.04 bits per heavy atom. The first-order valence-electron chi connectivity index (χ1n) is 11.3. The lowest BCUT2D eigenvalue weighted by Gasteiger charge is -2.37. The highest BCUT2D eigenvalue weighted by molar-refractivity contribution is 5.27. The van der Waals surface area contributed by atoms with Gasteiger partial charge in [-0.2, -0.15) is 0 Å². The van der Waals surface area contributed by atoms with Crippen molar-refractivity contribution in [3.05, 3.63) is 35.1 Å². The Labute approximate surface area is 169 Å². The predicted octanol–water partition coefficient (Wildman–Crippen LogP) is 6.21. The highest BCUT2D eigenvalue weighted by Gasteiger charge is 2.32. The highest BCUT2D eigenvalue weighted by Crippen LogP contribution is 2.39. The van der Waals surface area contributed by atoms with E-state index in [1.807, 2.05) is 13.0 Å². The Balaban J connectivity index is 1.43. The van der Waals surface area contributed by atoms with Crippen molar-refractivity contribution in [1.82, 2.24) is 0 Å². The average Bonchev–Trinajstić information content (AvgIpc) is 2.74. The van der Waals surface area contributed by atoms with Crippen LogP contribution in [0.5, 0.6) is 0 Å². The van der Waals surface area contributed by atoms with Crippen LogP contribution in [-0.2, 0) is 20.8 Å². The van der Waals surface area contributed by atoms with Crippen molar-refractivity contribution in [1.29, 1.82) is 0 Å². The standard InChI is InChI=1S/C24H37FO3/c1-3-5-6-7-18-15-27-24(28-16-18)20-10-8-19(9-11-20)21-12-13-22(17-26-4-2)23(25)14-21/h12-14,18-20,24H,3-11,15-17H2,1-2H3/t18-,19?,20?,24-. The van der Waals surface area contributed by atoms with E-state index >= 15 is 0 Å². The summed E-state index contributed by atoms with van der Waals surface area (Å²) in [5, 5.41) is 0. The van der Waals surface area contributed by atoms with Crippen molar-refractivity contribution in [2.75, 3.05) is 19.8 Å². The van der Waals surface area contributed by atoms with Gasteiger partial charge in [0.1, 0.15) is 5.82 Å². The van der Waals surface area contributed by atoms with Crippen LogP contribution in [0.4, 0.5) is 4.39 Å². The van der Waals surface area contributed by atoms with E-state index in [0.29, 0.717) is 36.5 Å². The van der Waals surface area contributed by atoms with Crippen LogP contribution in [0.1, 0.15) is 82.3 Å². The lowest BCUT2D eigenvalue weighted by molar-refractivity contribution is -0.229. The van der Waals surface area contributed by atoms with Crippen molar-refractivity contribution in [2.24, 2.45) is 11.8 Å². The average molecular weight is 393 g/mol. The largest absolute Gasteiger partial charge is 0.377 e. The van der Waals surface area contributed by atoms with Crippen LogP contribution in [0.2, 0.25) is 0 Å². The minimum atomic E-state index is -0.138. The van der Waals surface area contributed by atoms with Crippen LogP contribution in [-0.4, -0.2) is 26.1 Å². The quantitative estimate of drug-likeness (QED) is 0.468. The molecule has 1 aliphatic carbocycles. The molecule has 0 amide bonds. The molecule has 0 bridgehead atoms. The van der Waals surface area contributed by atoms with E-state index in [9.17, 15) is 4.39 Å². The summed E-state index contributed by atoms with van der Waals surface area (Å²) in [6.45, 7) is 6.82. The minimum Gasteiger partial charge on any atom is -0.377 e. The predicted molar refractivity (Wildman–Crippen MR) is 110 cm³/mol. The molecule has 1 aromatic rings. The fourth-order valence-electron chi connectivity index (χ4n) is 4.55. The molecule has 3 nitrogen and oxygen atoms in total. The SMILES string of the molecule is CCCCC[C@H]1CO[C@H](C2CCC(c3ccc(COCC)c(F)c3)CC2)OC1. The Hall–Kier alpha value is -0.970. The van der Waals surface area contributed by atoms with Crippen LogP contribution in [0.3, 0.4) is 0 Å². The van der Waals surface area contributed by atoms with E-state index in [2.05, 4.69) is 13.0 Å². The third-order valence-electron chi connectivity index (χ3n) is 6.38. The molecule has 1 saturated carbocycles. The number of rotatable bonds is 9. The molecule has 28 heavy (non-hydrogen) atoms. The lowest BCUT2D eigenvalue weighted by atomic mass is 9.78. The number of unbranched alkanes of at least 4 members (excludes halogenated alkanes) is 2. The third kappa shape index (κ3) is 6.01. The molecule has 0 unspecified atom stereocenters. The fraction of sp³-hybridized carbons (Fsp3) is 0.750. The van der Waals surface area contributed by atoms with Gasteiger partial charge in [0.05, 0.1) is 19.8 Å². The van der Waals surface area contributed by atoms with E-state index < -0.39 is 0 Å². The maximum absolute atomic E-state index is 14.3. The molecule has 1 heterocycles. The zero-order valence-electron chi connectivity index (χ0n) is 17.6. The second kappa shape index (κ2) is 11.3. The van der Waals surface area contributed by atoms with Crippen molar-refractivity contribution < 1.29 is 18.6 Å². The molecule has 158 valence electrons. The van der Waals surface area contributed by atoms with Crippen LogP contribution in [0.25, 0.3) is 0 Å². The maximum atomic E-state index is 14.3. The molecule has 1 aliphatic heterocycles. The summed E-state index contributed by atoms with van der Waals surface area (Å²) in [5.41, 5.74) is 1.77. The Morgan fingerprint density at radius 2 is 1.79 bits per heavy atom. The van der Waals surface area contributed by atoms with Gasteiger partial charge in [0.2, 0.25) is 0 Å². The number of benzene rings is 1. The molecule has 0 radical (unpaired) electrons. The van der Waals surface area contributed by atoms with Gasteiger partial charge in [-0.05, 0) is 56.6 Å². The van der Waals surface area contributed by atoms with Crippen LogP contribution in [0.15, 0.2) is 18.2 Å². The van der Waals surface area contributed by atoms with Gasteiger partial charge in [0.25, 0.3) is 0 Å². The normalized spacial score (nSPS) is 28.4. The Kier molecular flexibility index (Phi) is 8.75.